The highest BCUT2D eigenvalue weighted by molar-refractivity contribution is 5.77. The van der Waals surface area contributed by atoms with Gasteiger partial charge in [0.2, 0.25) is 5.91 Å². The lowest BCUT2D eigenvalue weighted by Crippen LogP contribution is -2.42. The van der Waals surface area contributed by atoms with Crippen LogP contribution in [0.2, 0.25) is 0 Å². The Morgan fingerprint density at radius 1 is 1.00 bits per heavy atom. The molecule has 1 atom stereocenters. The van der Waals surface area contributed by atoms with Crippen LogP contribution in [0.15, 0.2) is 36.4 Å². The van der Waals surface area contributed by atoms with Crippen LogP contribution >= 0.6 is 0 Å². The van der Waals surface area contributed by atoms with Crippen LogP contribution in [0.1, 0.15) is 43.4 Å². The number of nitrogens with zero attached hydrogens (tertiary/aromatic N) is 1. The standard InChI is InChI=1S/C24H31NO5/c1-5-6-7-24(26)25-13-12-17-14-22(28-3)23(29-4)15-20(17)21(25)16-30-19-10-8-18(27-2)9-11-19/h8-11,14-15,21H,5-7,12-13,16H2,1-4H3. The SMILES string of the molecule is CCCCC(=O)N1CCc2cc(OC)c(OC)cc2C1COc1ccc(OC)cc1. The average Bonchev–Trinajstić information content (AvgIpc) is 2.80. The Morgan fingerprint density at radius 3 is 2.30 bits per heavy atom. The van der Waals surface area contributed by atoms with Gasteiger partial charge in [0.1, 0.15) is 18.1 Å². The summed E-state index contributed by atoms with van der Waals surface area (Å²) in [6.07, 6.45) is 3.22. The van der Waals surface area contributed by atoms with Crippen molar-refractivity contribution in [1.29, 1.82) is 0 Å². The zero-order valence-corrected chi connectivity index (χ0v) is 18.3. The zero-order valence-electron chi connectivity index (χ0n) is 18.3. The van der Waals surface area contributed by atoms with Gasteiger partial charge in [-0.3, -0.25) is 4.79 Å². The van der Waals surface area contributed by atoms with E-state index in [9.17, 15) is 4.79 Å². The van der Waals surface area contributed by atoms with E-state index in [0.29, 0.717) is 31.1 Å². The van der Waals surface area contributed by atoms with Crippen LogP contribution in [-0.2, 0) is 11.2 Å². The molecule has 30 heavy (non-hydrogen) atoms. The average molecular weight is 414 g/mol. The van der Waals surface area contributed by atoms with Crippen molar-refractivity contribution in [3.63, 3.8) is 0 Å². The number of benzene rings is 2. The van der Waals surface area contributed by atoms with Crippen LogP contribution < -0.4 is 18.9 Å². The van der Waals surface area contributed by atoms with Gasteiger partial charge in [-0.15, -0.1) is 0 Å². The maximum absolute atomic E-state index is 12.9. The van der Waals surface area contributed by atoms with E-state index >= 15 is 0 Å². The Morgan fingerprint density at radius 2 is 1.67 bits per heavy atom. The fourth-order valence-corrected chi connectivity index (χ4v) is 3.83. The third-order valence-electron chi connectivity index (χ3n) is 5.53. The number of rotatable bonds is 9. The predicted molar refractivity (Wildman–Crippen MR) is 116 cm³/mol. The molecule has 1 aliphatic heterocycles. The van der Waals surface area contributed by atoms with Crippen LogP contribution in [-0.4, -0.2) is 45.3 Å². The first-order chi connectivity index (χ1) is 14.6. The van der Waals surface area contributed by atoms with Crippen LogP contribution in [0.25, 0.3) is 0 Å². The quantitative estimate of drug-likeness (QED) is 0.610. The van der Waals surface area contributed by atoms with E-state index in [0.717, 1.165) is 41.9 Å². The van der Waals surface area contributed by atoms with Crippen LogP contribution in [0.4, 0.5) is 0 Å². The third kappa shape index (κ3) is 4.81. The Balaban J connectivity index is 1.89. The first-order valence-electron chi connectivity index (χ1n) is 10.4. The highest BCUT2D eigenvalue weighted by atomic mass is 16.5. The maximum Gasteiger partial charge on any atom is 0.223 e. The molecule has 1 heterocycles. The molecule has 2 aromatic carbocycles. The van der Waals surface area contributed by atoms with Crippen molar-refractivity contribution in [2.24, 2.45) is 0 Å². The molecule has 0 saturated heterocycles. The zero-order chi connectivity index (χ0) is 21.5. The van der Waals surface area contributed by atoms with Gasteiger partial charge >= 0.3 is 0 Å². The molecule has 3 rings (SSSR count). The number of hydrogen-bond donors (Lipinski definition) is 0. The van der Waals surface area contributed by atoms with Crippen molar-refractivity contribution in [2.45, 2.75) is 38.6 Å². The molecule has 0 fully saturated rings. The molecule has 0 N–H and O–H groups in total. The van der Waals surface area contributed by atoms with Crippen LogP contribution in [0, 0.1) is 0 Å². The Hall–Kier alpha value is -2.89. The van der Waals surface area contributed by atoms with Gasteiger partial charge < -0.3 is 23.8 Å². The molecule has 0 spiro atoms. The molecule has 1 amide bonds. The number of methoxy groups -OCH3 is 3. The number of carbonyl (C=O) groups excluding carboxylic acids is 1. The van der Waals surface area contributed by atoms with Gasteiger partial charge in [-0.25, -0.2) is 0 Å². The number of ether oxygens (including phenoxy) is 4. The summed E-state index contributed by atoms with van der Waals surface area (Å²) in [7, 11) is 4.90. The summed E-state index contributed by atoms with van der Waals surface area (Å²) >= 11 is 0. The summed E-state index contributed by atoms with van der Waals surface area (Å²) in [4.78, 5) is 14.9. The van der Waals surface area contributed by atoms with Gasteiger partial charge in [-0.05, 0) is 60.4 Å². The van der Waals surface area contributed by atoms with E-state index in [1.54, 1.807) is 21.3 Å². The predicted octanol–water partition coefficient (Wildman–Crippen LogP) is 4.41. The Bertz CT molecular complexity index is 849. The summed E-state index contributed by atoms with van der Waals surface area (Å²) in [6.45, 7) is 3.13. The summed E-state index contributed by atoms with van der Waals surface area (Å²) < 4.78 is 22.3. The molecule has 0 bridgehead atoms. The molecule has 0 radical (unpaired) electrons. The fourth-order valence-electron chi connectivity index (χ4n) is 3.83. The van der Waals surface area contributed by atoms with Crippen molar-refractivity contribution >= 4 is 5.91 Å². The van der Waals surface area contributed by atoms with Gasteiger partial charge in [0.05, 0.1) is 27.4 Å². The van der Waals surface area contributed by atoms with Gasteiger partial charge in [0.15, 0.2) is 11.5 Å². The van der Waals surface area contributed by atoms with Crippen molar-refractivity contribution in [3.8, 4) is 23.0 Å². The molecule has 0 aliphatic carbocycles. The van der Waals surface area contributed by atoms with E-state index in [-0.39, 0.29) is 11.9 Å². The van der Waals surface area contributed by atoms with Crippen molar-refractivity contribution in [2.75, 3.05) is 34.5 Å². The summed E-state index contributed by atoms with van der Waals surface area (Å²) in [5.74, 6) is 3.05. The molecular weight excluding hydrogens is 382 g/mol. The first-order valence-corrected chi connectivity index (χ1v) is 10.4. The van der Waals surface area contributed by atoms with Crippen LogP contribution in [0.5, 0.6) is 23.0 Å². The van der Waals surface area contributed by atoms with E-state index in [4.69, 9.17) is 18.9 Å². The van der Waals surface area contributed by atoms with Crippen molar-refractivity contribution < 1.29 is 23.7 Å². The van der Waals surface area contributed by atoms with E-state index < -0.39 is 0 Å². The van der Waals surface area contributed by atoms with Crippen LogP contribution in [0.3, 0.4) is 0 Å². The van der Waals surface area contributed by atoms with Crippen molar-refractivity contribution in [1.82, 2.24) is 4.90 Å². The minimum Gasteiger partial charge on any atom is -0.497 e. The molecule has 162 valence electrons. The van der Waals surface area contributed by atoms with Gasteiger partial charge in [-0.1, -0.05) is 13.3 Å². The molecule has 0 saturated carbocycles. The topological polar surface area (TPSA) is 57.2 Å². The van der Waals surface area contributed by atoms with Crippen molar-refractivity contribution in [3.05, 3.63) is 47.5 Å². The second kappa shape index (κ2) is 10.2. The highest BCUT2D eigenvalue weighted by Crippen LogP contribution is 2.38. The largest absolute Gasteiger partial charge is 0.497 e. The van der Waals surface area contributed by atoms with Gasteiger partial charge in [0, 0.05) is 13.0 Å². The molecule has 2 aromatic rings. The maximum atomic E-state index is 12.9. The molecule has 1 unspecified atom stereocenters. The number of hydrogen-bond acceptors (Lipinski definition) is 5. The monoisotopic (exact) mass is 413 g/mol. The minimum absolute atomic E-state index is 0.167. The molecule has 0 aromatic heterocycles. The number of carbonyl (C=O) groups is 1. The van der Waals surface area contributed by atoms with Gasteiger partial charge in [-0.2, -0.15) is 0 Å². The Kier molecular flexibility index (Phi) is 7.44. The summed E-state index contributed by atoms with van der Waals surface area (Å²) in [5.41, 5.74) is 2.22. The van der Waals surface area contributed by atoms with Gasteiger partial charge in [0.25, 0.3) is 0 Å². The molecule has 6 nitrogen and oxygen atoms in total. The summed E-state index contributed by atoms with van der Waals surface area (Å²) in [5, 5.41) is 0. The second-order valence-corrected chi connectivity index (χ2v) is 7.35. The lowest BCUT2D eigenvalue weighted by atomic mass is 9.91. The fraction of sp³-hybridized carbons (Fsp3) is 0.458. The smallest absolute Gasteiger partial charge is 0.223 e. The Labute approximate surface area is 178 Å². The number of fused-ring (bicyclic) bond motifs is 1. The third-order valence-corrected chi connectivity index (χ3v) is 5.53. The molecular formula is C24H31NO5. The normalized spacial score (nSPS) is 15.3. The number of unbranched alkanes of at least 4 members (excludes halogenated alkanes) is 1. The summed E-state index contributed by atoms with van der Waals surface area (Å²) in [6, 6.07) is 11.3. The highest BCUT2D eigenvalue weighted by Gasteiger charge is 2.32. The molecule has 1 aliphatic rings. The van der Waals surface area contributed by atoms with E-state index in [1.807, 2.05) is 41.3 Å². The lowest BCUT2D eigenvalue weighted by molar-refractivity contribution is -0.135. The first kappa shape index (κ1) is 21.8. The van der Waals surface area contributed by atoms with E-state index in [1.165, 1.54) is 0 Å². The number of amides is 1. The minimum atomic E-state index is -0.181. The van der Waals surface area contributed by atoms with E-state index in [2.05, 4.69) is 6.92 Å². The lowest BCUT2D eigenvalue weighted by Gasteiger charge is -2.37. The molecule has 6 heteroatoms. The second-order valence-electron chi connectivity index (χ2n) is 7.35.